The Labute approximate surface area is 157 Å². The van der Waals surface area contributed by atoms with E-state index in [4.69, 9.17) is 4.74 Å². The molecule has 1 aliphatic heterocycles. The summed E-state index contributed by atoms with van der Waals surface area (Å²) in [6.45, 7) is 3.58. The molecule has 2 aromatic carbocycles. The lowest BCUT2D eigenvalue weighted by atomic mass is 9.94. The molecule has 2 aromatic rings. The first kappa shape index (κ1) is 18.3. The number of benzene rings is 2. The number of ether oxygens (including phenoxy) is 1. The molecule has 1 aliphatic rings. The summed E-state index contributed by atoms with van der Waals surface area (Å²) in [6.07, 6.45) is 0. The Hall–Kier alpha value is -3.48. The van der Waals surface area contributed by atoms with Crippen LogP contribution in [0.25, 0.3) is 0 Å². The minimum Gasteiger partial charge on any atom is -0.504 e. The second-order valence-corrected chi connectivity index (χ2v) is 6.27. The molecule has 7 heteroatoms. The van der Waals surface area contributed by atoms with Crippen LogP contribution in [-0.2, 0) is 4.79 Å². The van der Waals surface area contributed by atoms with Gasteiger partial charge in [-0.15, -0.1) is 0 Å². The molecule has 0 saturated heterocycles. The molecule has 140 valence electrons. The number of nitrogens with one attached hydrogen (secondary N) is 3. The second-order valence-electron chi connectivity index (χ2n) is 6.27. The number of aromatic hydroxyl groups is 1. The Morgan fingerprint density at radius 1 is 1.19 bits per heavy atom. The number of phenolic OH excluding ortho intramolecular Hbond substituents is 1. The van der Waals surface area contributed by atoms with Crippen LogP contribution in [-0.4, -0.2) is 24.2 Å². The predicted octanol–water partition coefficient (Wildman–Crippen LogP) is 2.98. The number of carbonyl (C=O) groups excluding carboxylic acids is 2. The van der Waals surface area contributed by atoms with E-state index in [1.807, 2.05) is 31.2 Å². The number of phenols is 1. The van der Waals surface area contributed by atoms with Crippen LogP contribution in [0.1, 0.15) is 24.1 Å². The summed E-state index contributed by atoms with van der Waals surface area (Å²) in [5.41, 5.74) is 3.09. The molecule has 3 rings (SSSR count). The van der Waals surface area contributed by atoms with E-state index in [2.05, 4.69) is 16.0 Å². The van der Waals surface area contributed by atoms with E-state index in [9.17, 15) is 14.7 Å². The summed E-state index contributed by atoms with van der Waals surface area (Å²) in [5, 5.41) is 18.1. The third-order valence-electron chi connectivity index (χ3n) is 4.44. The van der Waals surface area contributed by atoms with Gasteiger partial charge in [-0.05, 0) is 43.2 Å². The minimum absolute atomic E-state index is 0.0203. The van der Waals surface area contributed by atoms with Gasteiger partial charge in [-0.2, -0.15) is 0 Å². The van der Waals surface area contributed by atoms with Gasteiger partial charge in [-0.3, -0.25) is 4.79 Å². The zero-order chi connectivity index (χ0) is 19.6. The summed E-state index contributed by atoms with van der Waals surface area (Å²) in [5.74, 6) is -0.0870. The molecule has 1 heterocycles. The maximum atomic E-state index is 13.0. The topological polar surface area (TPSA) is 99.7 Å². The van der Waals surface area contributed by atoms with E-state index in [1.165, 1.54) is 13.2 Å². The van der Waals surface area contributed by atoms with E-state index >= 15 is 0 Å². The second kappa shape index (κ2) is 7.41. The zero-order valence-electron chi connectivity index (χ0n) is 15.3. The predicted molar refractivity (Wildman–Crippen MR) is 102 cm³/mol. The summed E-state index contributed by atoms with van der Waals surface area (Å²) in [4.78, 5) is 25.0. The SMILES string of the molecule is COc1cc([C@H]2NC(=O)NC(C)=C2C(=O)Nc2ccccc2C)ccc1O. The highest BCUT2D eigenvalue weighted by atomic mass is 16.5. The molecule has 0 saturated carbocycles. The van der Waals surface area contributed by atoms with Crippen LogP contribution in [0.15, 0.2) is 53.7 Å². The number of amides is 3. The molecule has 0 radical (unpaired) electrons. The Kier molecular flexibility index (Phi) is 5.03. The molecule has 0 aromatic heterocycles. The number of aryl methyl sites for hydroxylation is 1. The molecule has 0 unspecified atom stereocenters. The van der Waals surface area contributed by atoms with Crippen molar-refractivity contribution in [2.45, 2.75) is 19.9 Å². The molecular formula is C20H21N3O4. The van der Waals surface area contributed by atoms with Crippen molar-refractivity contribution in [1.29, 1.82) is 0 Å². The van der Waals surface area contributed by atoms with Gasteiger partial charge in [0.25, 0.3) is 5.91 Å². The average Bonchev–Trinajstić information content (AvgIpc) is 2.63. The minimum atomic E-state index is -0.683. The Bertz CT molecular complexity index is 937. The van der Waals surface area contributed by atoms with Gasteiger partial charge in [0, 0.05) is 11.4 Å². The largest absolute Gasteiger partial charge is 0.504 e. The summed E-state index contributed by atoms with van der Waals surface area (Å²) in [6, 6.07) is 11.1. The molecule has 0 spiro atoms. The number of hydrogen-bond acceptors (Lipinski definition) is 4. The van der Waals surface area contributed by atoms with Crippen LogP contribution in [0.4, 0.5) is 10.5 Å². The molecular weight excluding hydrogens is 346 g/mol. The Morgan fingerprint density at radius 3 is 2.63 bits per heavy atom. The first-order chi connectivity index (χ1) is 12.9. The van der Waals surface area contributed by atoms with Gasteiger partial charge < -0.3 is 25.8 Å². The Morgan fingerprint density at radius 2 is 1.93 bits per heavy atom. The molecule has 0 fully saturated rings. The summed E-state index contributed by atoms with van der Waals surface area (Å²) in [7, 11) is 1.44. The standard InChI is InChI=1S/C20H21N3O4/c1-11-6-4-5-7-14(11)22-19(25)17-12(2)21-20(26)23-18(17)13-8-9-15(24)16(10-13)27-3/h4-10,18,24H,1-3H3,(H,22,25)(H2,21,23,26)/t18-/m1/s1. The number of allylic oxidation sites excluding steroid dienone is 1. The van der Waals surface area contributed by atoms with Crippen LogP contribution in [0, 0.1) is 6.92 Å². The smallest absolute Gasteiger partial charge is 0.319 e. The lowest BCUT2D eigenvalue weighted by molar-refractivity contribution is -0.113. The third kappa shape index (κ3) is 3.72. The van der Waals surface area contributed by atoms with Gasteiger partial charge in [0.15, 0.2) is 11.5 Å². The van der Waals surface area contributed by atoms with Gasteiger partial charge in [0.2, 0.25) is 0 Å². The zero-order valence-corrected chi connectivity index (χ0v) is 15.3. The van der Waals surface area contributed by atoms with Gasteiger partial charge in [0.1, 0.15) is 0 Å². The van der Waals surface area contributed by atoms with Crippen molar-refractivity contribution in [2.75, 3.05) is 12.4 Å². The maximum absolute atomic E-state index is 13.0. The number of anilines is 1. The number of urea groups is 1. The van der Waals surface area contributed by atoms with Crippen LogP contribution in [0.5, 0.6) is 11.5 Å². The van der Waals surface area contributed by atoms with Crippen molar-refractivity contribution >= 4 is 17.6 Å². The van der Waals surface area contributed by atoms with Gasteiger partial charge in [-0.25, -0.2) is 4.79 Å². The van der Waals surface area contributed by atoms with E-state index in [-0.39, 0.29) is 17.4 Å². The summed E-state index contributed by atoms with van der Waals surface area (Å²) < 4.78 is 5.14. The fourth-order valence-electron chi connectivity index (χ4n) is 3.02. The number of methoxy groups -OCH3 is 1. The van der Waals surface area contributed by atoms with E-state index in [0.29, 0.717) is 22.5 Å². The van der Waals surface area contributed by atoms with Gasteiger partial charge in [-0.1, -0.05) is 24.3 Å². The van der Waals surface area contributed by atoms with Gasteiger partial charge in [0.05, 0.1) is 18.7 Å². The van der Waals surface area contributed by atoms with Crippen molar-refractivity contribution in [3.8, 4) is 11.5 Å². The highest BCUT2D eigenvalue weighted by molar-refractivity contribution is 6.07. The fraction of sp³-hybridized carbons (Fsp3) is 0.200. The highest BCUT2D eigenvalue weighted by Crippen LogP contribution is 2.33. The number of carbonyl (C=O) groups is 2. The van der Waals surface area contributed by atoms with Crippen molar-refractivity contribution in [3.63, 3.8) is 0 Å². The third-order valence-corrected chi connectivity index (χ3v) is 4.44. The molecule has 1 atom stereocenters. The lowest BCUT2D eigenvalue weighted by Crippen LogP contribution is -2.46. The monoisotopic (exact) mass is 367 g/mol. The maximum Gasteiger partial charge on any atom is 0.319 e. The van der Waals surface area contributed by atoms with Crippen molar-refractivity contribution in [3.05, 3.63) is 64.9 Å². The van der Waals surface area contributed by atoms with Crippen LogP contribution >= 0.6 is 0 Å². The fourth-order valence-corrected chi connectivity index (χ4v) is 3.02. The summed E-state index contributed by atoms with van der Waals surface area (Å²) >= 11 is 0. The number of hydrogen-bond donors (Lipinski definition) is 4. The van der Waals surface area contributed by atoms with Crippen molar-refractivity contribution in [1.82, 2.24) is 10.6 Å². The number of rotatable bonds is 4. The molecule has 0 aliphatic carbocycles. The van der Waals surface area contributed by atoms with E-state index < -0.39 is 12.1 Å². The van der Waals surface area contributed by atoms with Crippen LogP contribution in [0.3, 0.4) is 0 Å². The van der Waals surface area contributed by atoms with Crippen LogP contribution in [0.2, 0.25) is 0 Å². The van der Waals surface area contributed by atoms with Crippen molar-refractivity contribution < 1.29 is 19.4 Å². The molecule has 4 N–H and O–H groups in total. The van der Waals surface area contributed by atoms with Crippen molar-refractivity contribution in [2.24, 2.45) is 0 Å². The quantitative estimate of drug-likeness (QED) is 0.667. The molecule has 27 heavy (non-hydrogen) atoms. The first-order valence-electron chi connectivity index (χ1n) is 8.43. The van der Waals surface area contributed by atoms with Crippen LogP contribution < -0.4 is 20.7 Å². The van der Waals surface area contributed by atoms with E-state index in [1.54, 1.807) is 19.1 Å². The molecule has 3 amide bonds. The molecule has 7 nitrogen and oxygen atoms in total. The van der Waals surface area contributed by atoms with Gasteiger partial charge >= 0.3 is 6.03 Å². The normalized spacial score (nSPS) is 16.4. The molecule has 0 bridgehead atoms. The lowest BCUT2D eigenvalue weighted by Gasteiger charge is -2.29. The number of para-hydroxylation sites is 1. The average molecular weight is 367 g/mol. The first-order valence-corrected chi connectivity index (χ1v) is 8.43. The Balaban J connectivity index is 1.99. The highest BCUT2D eigenvalue weighted by Gasteiger charge is 2.31. The van der Waals surface area contributed by atoms with E-state index in [0.717, 1.165) is 5.56 Å².